The highest BCUT2D eigenvalue weighted by atomic mass is 16.5. The van der Waals surface area contributed by atoms with Gasteiger partial charge >= 0.3 is 5.97 Å². The van der Waals surface area contributed by atoms with Crippen molar-refractivity contribution in [3.05, 3.63) is 36.4 Å². The molecule has 6 heteroatoms. The molecule has 6 nitrogen and oxygen atoms in total. The molecule has 0 aliphatic carbocycles. The van der Waals surface area contributed by atoms with Crippen LogP contribution >= 0.6 is 0 Å². The molecule has 1 aliphatic rings. The average Bonchev–Trinajstić information content (AvgIpc) is 2.59. The van der Waals surface area contributed by atoms with E-state index in [1.54, 1.807) is 24.2 Å². The maximum absolute atomic E-state index is 12.4. The van der Waals surface area contributed by atoms with Crippen molar-refractivity contribution in [2.45, 2.75) is 19.8 Å². The van der Waals surface area contributed by atoms with Crippen molar-refractivity contribution in [1.82, 2.24) is 4.90 Å². The number of ether oxygens (including phenoxy) is 2. The molecule has 0 aromatic heterocycles. The van der Waals surface area contributed by atoms with Crippen LogP contribution in [0.25, 0.3) is 0 Å². The van der Waals surface area contributed by atoms with Crippen LogP contribution < -0.4 is 9.47 Å². The summed E-state index contributed by atoms with van der Waals surface area (Å²) >= 11 is 0. The number of hydrogen-bond donors (Lipinski definition) is 1. The number of carboxylic acid groups (broad SMARTS) is 1. The number of allylic oxidation sites excluding steroid dienone is 1. The fourth-order valence-corrected chi connectivity index (χ4v) is 3.09. The summed E-state index contributed by atoms with van der Waals surface area (Å²) in [5.74, 6) is -0.377. The first-order valence-electron chi connectivity index (χ1n) is 8.35. The molecular weight excluding hydrogens is 322 g/mol. The Bertz CT molecular complexity index is 643. The third-order valence-corrected chi connectivity index (χ3v) is 4.32. The third kappa shape index (κ3) is 4.98. The summed E-state index contributed by atoms with van der Waals surface area (Å²) in [5.41, 5.74) is 1.04. The molecule has 136 valence electrons. The first-order valence-corrected chi connectivity index (χ1v) is 8.35. The molecule has 1 aliphatic heterocycles. The van der Waals surface area contributed by atoms with Gasteiger partial charge in [-0.1, -0.05) is 19.1 Å². The van der Waals surface area contributed by atoms with Gasteiger partial charge < -0.3 is 19.5 Å². The predicted molar refractivity (Wildman–Crippen MR) is 93.9 cm³/mol. The molecular formula is C19H25NO5. The van der Waals surface area contributed by atoms with Crippen LogP contribution in [0.1, 0.15) is 18.9 Å². The molecule has 1 saturated heterocycles. The third-order valence-electron chi connectivity index (χ3n) is 4.32. The molecule has 2 rings (SSSR count). The minimum atomic E-state index is -0.857. The van der Waals surface area contributed by atoms with Crippen LogP contribution in [0.2, 0.25) is 0 Å². The molecule has 1 N–H and O–H groups in total. The monoisotopic (exact) mass is 347 g/mol. The highest BCUT2D eigenvalue weighted by molar-refractivity contribution is 5.79. The zero-order valence-electron chi connectivity index (χ0n) is 14.7. The zero-order valence-corrected chi connectivity index (χ0v) is 14.7. The minimum absolute atomic E-state index is 0.143. The number of carbonyl (C=O) groups is 2. The Morgan fingerprint density at radius 3 is 2.76 bits per heavy atom. The number of piperidine rings is 1. The lowest BCUT2D eigenvalue weighted by Crippen LogP contribution is -2.47. The molecule has 1 fully saturated rings. The Balaban J connectivity index is 1.99. The van der Waals surface area contributed by atoms with E-state index in [9.17, 15) is 14.7 Å². The van der Waals surface area contributed by atoms with E-state index in [4.69, 9.17) is 9.47 Å². The Kier molecular flexibility index (Phi) is 6.44. The molecule has 1 amide bonds. The molecule has 2 atom stereocenters. The fraction of sp³-hybridized carbons (Fsp3) is 0.474. The van der Waals surface area contributed by atoms with E-state index in [0.717, 1.165) is 12.0 Å². The van der Waals surface area contributed by atoms with Crippen molar-refractivity contribution in [2.24, 2.45) is 11.8 Å². The van der Waals surface area contributed by atoms with Gasteiger partial charge in [-0.2, -0.15) is 0 Å². The van der Waals surface area contributed by atoms with Crippen molar-refractivity contribution in [3.63, 3.8) is 0 Å². The Morgan fingerprint density at radius 1 is 1.36 bits per heavy atom. The first-order chi connectivity index (χ1) is 11.9. The second-order valence-electron chi connectivity index (χ2n) is 6.44. The summed E-state index contributed by atoms with van der Waals surface area (Å²) in [7, 11) is 1.55. The van der Waals surface area contributed by atoms with Gasteiger partial charge in [0.15, 0.2) is 18.1 Å². The fourth-order valence-electron chi connectivity index (χ4n) is 3.09. The predicted octanol–water partition coefficient (Wildman–Crippen LogP) is 2.37. The number of carboxylic acids is 1. The summed E-state index contributed by atoms with van der Waals surface area (Å²) < 4.78 is 10.9. The van der Waals surface area contributed by atoms with E-state index >= 15 is 0 Å². The molecule has 0 bridgehead atoms. The lowest BCUT2D eigenvalue weighted by molar-refractivity contribution is -0.147. The van der Waals surface area contributed by atoms with Gasteiger partial charge in [0.25, 0.3) is 5.91 Å². The average molecular weight is 347 g/mol. The summed E-state index contributed by atoms with van der Waals surface area (Å²) in [5, 5.41) is 9.21. The van der Waals surface area contributed by atoms with Crippen molar-refractivity contribution >= 4 is 11.9 Å². The van der Waals surface area contributed by atoms with Gasteiger partial charge in [0.1, 0.15) is 0 Å². The van der Waals surface area contributed by atoms with E-state index < -0.39 is 11.9 Å². The lowest BCUT2D eigenvalue weighted by atomic mass is 9.90. The SMILES string of the molecule is C=CCc1ccc(OCC(=O)N2CC(C)CC(C(=O)O)C2)c(OC)c1. The van der Waals surface area contributed by atoms with Crippen molar-refractivity contribution in [3.8, 4) is 11.5 Å². The van der Waals surface area contributed by atoms with Crippen LogP contribution in [0.15, 0.2) is 30.9 Å². The Hall–Kier alpha value is -2.50. The first kappa shape index (κ1) is 18.8. The topological polar surface area (TPSA) is 76.1 Å². The van der Waals surface area contributed by atoms with Gasteiger partial charge in [0, 0.05) is 13.1 Å². The van der Waals surface area contributed by atoms with E-state index in [-0.39, 0.29) is 25.0 Å². The zero-order chi connectivity index (χ0) is 18.4. The van der Waals surface area contributed by atoms with Crippen molar-refractivity contribution in [2.75, 3.05) is 26.8 Å². The van der Waals surface area contributed by atoms with Gasteiger partial charge in [-0.25, -0.2) is 0 Å². The molecule has 2 unspecified atom stereocenters. The number of rotatable bonds is 7. The minimum Gasteiger partial charge on any atom is -0.493 e. The van der Waals surface area contributed by atoms with Gasteiger partial charge in [0.05, 0.1) is 13.0 Å². The number of nitrogens with zero attached hydrogens (tertiary/aromatic N) is 1. The molecule has 0 spiro atoms. The van der Waals surface area contributed by atoms with Crippen LogP contribution in [-0.2, 0) is 16.0 Å². The van der Waals surface area contributed by atoms with Crippen LogP contribution in [0.3, 0.4) is 0 Å². The van der Waals surface area contributed by atoms with E-state index in [2.05, 4.69) is 6.58 Å². The molecule has 0 radical (unpaired) electrons. The molecule has 0 saturated carbocycles. The van der Waals surface area contributed by atoms with Gasteiger partial charge in [-0.3, -0.25) is 9.59 Å². The Labute approximate surface area is 148 Å². The van der Waals surface area contributed by atoms with Crippen LogP contribution in [0.4, 0.5) is 0 Å². The van der Waals surface area contributed by atoms with Crippen LogP contribution in [0.5, 0.6) is 11.5 Å². The van der Waals surface area contributed by atoms with E-state index in [0.29, 0.717) is 24.5 Å². The molecule has 1 heterocycles. The maximum atomic E-state index is 12.4. The number of likely N-dealkylation sites (tertiary alicyclic amines) is 1. The number of aliphatic carboxylic acids is 1. The quantitative estimate of drug-likeness (QED) is 0.767. The standard InChI is InChI=1S/C19H25NO5/c1-4-5-14-6-7-16(17(9-14)24-3)25-12-18(21)20-10-13(2)8-15(11-20)19(22)23/h4,6-7,9,13,15H,1,5,8,10-12H2,2-3H3,(H,22,23). The van der Waals surface area contributed by atoms with Crippen LogP contribution in [-0.4, -0.2) is 48.7 Å². The summed E-state index contributed by atoms with van der Waals surface area (Å²) in [4.78, 5) is 25.2. The smallest absolute Gasteiger partial charge is 0.308 e. The van der Waals surface area contributed by atoms with Gasteiger partial charge in [-0.05, 0) is 36.5 Å². The highest BCUT2D eigenvalue weighted by Gasteiger charge is 2.32. The summed E-state index contributed by atoms with van der Waals surface area (Å²) in [6.07, 6.45) is 3.12. The van der Waals surface area contributed by atoms with Crippen LogP contribution in [0, 0.1) is 11.8 Å². The van der Waals surface area contributed by atoms with Crippen molar-refractivity contribution < 1.29 is 24.2 Å². The van der Waals surface area contributed by atoms with E-state index in [1.165, 1.54) is 0 Å². The molecule has 1 aromatic carbocycles. The molecule has 1 aromatic rings. The second-order valence-corrected chi connectivity index (χ2v) is 6.44. The highest BCUT2D eigenvalue weighted by Crippen LogP contribution is 2.29. The summed E-state index contributed by atoms with van der Waals surface area (Å²) in [6.45, 7) is 6.31. The van der Waals surface area contributed by atoms with Gasteiger partial charge in [0.2, 0.25) is 0 Å². The number of methoxy groups -OCH3 is 1. The number of benzene rings is 1. The summed E-state index contributed by atoms with van der Waals surface area (Å²) in [6, 6.07) is 5.52. The van der Waals surface area contributed by atoms with Gasteiger partial charge in [-0.15, -0.1) is 6.58 Å². The number of hydrogen-bond acceptors (Lipinski definition) is 4. The normalized spacial score (nSPS) is 20.0. The van der Waals surface area contributed by atoms with E-state index in [1.807, 2.05) is 19.1 Å². The molecule has 25 heavy (non-hydrogen) atoms. The van der Waals surface area contributed by atoms with Crippen molar-refractivity contribution in [1.29, 1.82) is 0 Å². The number of carbonyl (C=O) groups excluding carboxylic acids is 1. The Morgan fingerprint density at radius 2 is 2.12 bits per heavy atom. The largest absolute Gasteiger partial charge is 0.493 e. The number of amides is 1. The lowest BCUT2D eigenvalue weighted by Gasteiger charge is -2.34. The second kappa shape index (κ2) is 8.55. The maximum Gasteiger partial charge on any atom is 0.308 e.